The number of hydrogen-bond acceptors (Lipinski definition) is 3. The van der Waals surface area contributed by atoms with E-state index in [1.54, 1.807) is 0 Å². The Balaban J connectivity index is 2.11. The van der Waals surface area contributed by atoms with Crippen LogP contribution in [0, 0.1) is 0 Å². The summed E-state index contributed by atoms with van der Waals surface area (Å²) < 4.78 is 11.3. The molecule has 0 bridgehead atoms. The number of ether oxygens (including phenoxy) is 2. The summed E-state index contributed by atoms with van der Waals surface area (Å²) in [4.78, 5) is 0. The second-order valence-corrected chi connectivity index (χ2v) is 5.64. The van der Waals surface area contributed by atoms with E-state index < -0.39 is 0 Å². The van der Waals surface area contributed by atoms with E-state index in [0.717, 1.165) is 30.9 Å². The summed E-state index contributed by atoms with van der Waals surface area (Å²) in [5, 5.41) is 0. The second-order valence-electron chi connectivity index (χ2n) is 5.64. The number of nitrogens with two attached hydrogens (primary N) is 1. The quantitative estimate of drug-likeness (QED) is 0.756. The monoisotopic (exact) mass is 313 g/mol. The lowest BCUT2D eigenvalue weighted by molar-refractivity contribution is 0.317. The molecule has 0 saturated heterocycles. The van der Waals surface area contributed by atoms with Gasteiger partial charge < -0.3 is 15.2 Å². The van der Waals surface area contributed by atoms with Crippen LogP contribution in [0.25, 0.3) is 0 Å². The van der Waals surface area contributed by atoms with E-state index in [-0.39, 0.29) is 5.92 Å². The van der Waals surface area contributed by atoms with Crippen LogP contribution < -0.4 is 15.2 Å². The molecule has 23 heavy (non-hydrogen) atoms. The molecule has 0 amide bonds. The Labute approximate surface area is 139 Å². The lowest BCUT2D eigenvalue weighted by Gasteiger charge is -2.17. The van der Waals surface area contributed by atoms with Crippen LogP contribution in [0.5, 0.6) is 11.5 Å². The summed E-state index contributed by atoms with van der Waals surface area (Å²) in [6.45, 7) is 6.14. The Morgan fingerprint density at radius 1 is 0.957 bits per heavy atom. The van der Waals surface area contributed by atoms with Crippen molar-refractivity contribution < 1.29 is 9.47 Å². The maximum Gasteiger partial charge on any atom is 0.119 e. The molecule has 2 aromatic rings. The predicted molar refractivity (Wildman–Crippen MR) is 95.3 cm³/mol. The molecule has 1 atom stereocenters. The van der Waals surface area contributed by atoms with E-state index in [2.05, 4.69) is 31.2 Å². The van der Waals surface area contributed by atoms with Gasteiger partial charge in [-0.25, -0.2) is 0 Å². The highest BCUT2D eigenvalue weighted by molar-refractivity contribution is 5.34. The van der Waals surface area contributed by atoms with E-state index in [0.29, 0.717) is 13.2 Å². The van der Waals surface area contributed by atoms with E-state index in [1.807, 2.05) is 31.2 Å². The van der Waals surface area contributed by atoms with Gasteiger partial charge in [-0.2, -0.15) is 0 Å². The fourth-order valence-corrected chi connectivity index (χ4v) is 2.63. The van der Waals surface area contributed by atoms with Crippen molar-refractivity contribution in [2.45, 2.75) is 32.6 Å². The van der Waals surface area contributed by atoms with E-state index in [9.17, 15) is 0 Å². The summed E-state index contributed by atoms with van der Waals surface area (Å²) in [5.41, 5.74) is 8.49. The molecule has 0 aliphatic heterocycles. The van der Waals surface area contributed by atoms with Gasteiger partial charge in [-0.05, 0) is 61.7 Å². The lowest BCUT2D eigenvalue weighted by atomic mass is 9.92. The second kappa shape index (κ2) is 9.21. The first-order valence-corrected chi connectivity index (χ1v) is 8.41. The van der Waals surface area contributed by atoms with Crippen molar-refractivity contribution in [1.82, 2.24) is 0 Å². The molecule has 2 rings (SSSR count). The molecule has 0 fully saturated rings. The van der Waals surface area contributed by atoms with Crippen LogP contribution in [0.2, 0.25) is 0 Å². The Morgan fingerprint density at radius 2 is 1.70 bits per heavy atom. The minimum Gasteiger partial charge on any atom is -0.494 e. The SMILES string of the molecule is CCCOc1cccc(CC(CN)c2cccc(OCC)c2)c1. The number of rotatable bonds is 9. The maximum atomic E-state index is 6.02. The molecular formula is C20H27NO2. The zero-order valence-corrected chi connectivity index (χ0v) is 14.1. The minimum absolute atomic E-state index is 0.275. The topological polar surface area (TPSA) is 44.5 Å². The van der Waals surface area contributed by atoms with Crippen LogP contribution in [-0.2, 0) is 6.42 Å². The Kier molecular flexibility index (Phi) is 6.95. The van der Waals surface area contributed by atoms with Crippen molar-refractivity contribution >= 4 is 0 Å². The average molecular weight is 313 g/mol. The van der Waals surface area contributed by atoms with E-state index in [4.69, 9.17) is 15.2 Å². The zero-order valence-electron chi connectivity index (χ0n) is 14.1. The molecule has 3 heteroatoms. The van der Waals surface area contributed by atoms with Crippen LogP contribution in [0.3, 0.4) is 0 Å². The van der Waals surface area contributed by atoms with Crippen LogP contribution in [0.15, 0.2) is 48.5 Å². The first-order valence-electron chi connectivity index (χ1n) is 8.41. The maximum absolute atomic E-state index is 6.02. The fourth-order valence-electron chi connectivity index (χ4n) is 2.63. The van der Waals surface area contributed by atoms with Crippen LogP contribution in [0.4, 0.5) is 0 Å². The van der Waals surface area contributed by atoms with Gasteiger partial charge in [-0.3, -0.25) is 0 Å². The third-order valence-electron chi connectivity index (χ3n) is 3.78. The largest absolute Gasteiger partial charge is 0.494 e. The van der Waals surface area contributed by atoms with Gasteiger partial charge in [0.15, 0.2) is 0 Å². The summed E-state index contributed by atoms with van der Waals surface area (Å²) in [6.07, 6.45) is 1.91. The van der Waals surface area contributed by atoms with Gasteiger partial charge in [0.25, 0.3) is 0 Å². The third-order valence-corrected chi connectivity index (χ3v) is 3.78. The zero-order chi connectivity index (χ0) is 16.5. The van der Waals surface area contributed by atoms with Crippen molar-refractivity contribution in [3.05, 3.63) is 59.7 Å². The number of hydrogen-bond donors (Lipinski definition) is 1. The molecule has 2 aromatic carbocycles. The van der Waals surface area contributed by atoms with Gasteiger partial charge in [-0.15, -0.1) is 0 Å². The molecule has 1 unspecified atom stereocenters. The normalized spacial score (nSPS) is 12.0. The molecule has 0 radical (unpaired) electrons. The number of benzene rings is 2. The summed E-state index contributed by atoms with van der Waals surface area (Å²) >= 11 is 0. The van der Waals surface area contributed by atoms with Crippen LogP contribution in [-0.4, -0.2) is 19.8 Å². The Bertz CT molecular complexity index is 598. The fraction of sp³-hybridized carbons (Fsp3) is 0.400. The minimum atomic E-state index is 0.275. The van der Waals surface area contributed by atoms with E-state index in [1.165, 1.54) is 11.1 Å². The summed E-state index contributed by atoms with van der Waals surface area (Å²) in [5.74, 6) is 2.11. The van der Waals surface area contributed by atoms with Crippen LogP contribution >= 0.6 is 0 Å². The summed E-state index contributed by atoms with van der Waals surface area (Å²) in [6, 6.07) is 16.5. The van der Waals surface area contributed by atoms with Crippen molar-refractivity contribution in [3.63, 3.8) is 0 Å². The molecule has 2 N–H and O–H groups in total. The Hall–Kier alpha value is -2.00. The predicted octanol–water partition coefficient (Wildman–Crippen LogP) is 4.16. The molecule has 0 saturated carbocycles. The first kappa shape index (κ1) is 17.4. The van der Waals surface area contributed by atoms with Gasteiger partial charge in [0, 0.05) is 5.92 Å². The highest BCUT2D eigenvalue weighted by atomic mass is 16.5. The van der Waals surface area contributed by atoms with Crippen LogP contribution in [0.1, 0.15) is 37.3 Å². The molecule has 0 aromatic heterocycles. The average Bonchev–Trinajstić information content (AvgIpc) is 2.59. The smallest absolute Gasteiger partial charge is 0.119 e. The molecule has 0 spiro atoms. The van der Waals surface area contributed by atoms with E-state index >= 15 is 0 Å². The third kappa shape index (κ3) is 5.29. The lowest BCUT2D eigenvalue weighted by Crippen LogP contribution is -2.15. The van der Waals surface area contributed by atoms with Gasteiger partial charge >= 0.3 is 0 Å². The first-order chi connectivity index (χ1) is 11.3. The van der Waals surface area contributed by atoms with Crippen molar-refractivity contribution in [1.29, 1.82) is 0 Å². The van der Waals surface area contributed by atoms with Gasteiger partial charge in [0.2, 0.25) is 0 Å². The molecule has 0 heterocycles. The van der Waals surface area contributed by atoms with Gasteiger partial charge in [0.05, 0.1) is 13.2 Å². The Morgan fingerprint density at radius 3 is 2.39 bits per heavy atom. The van der Waals surface area contributed by atoms with Gasteiger partial charge in [0.1, 0.15) is 11.5 Å². The van der Waals surface area contributed by atoms with Crippen molar-refractivity contribution in [2.24, 2.45) is 5.73 Å². The van der Waals surface area contributed by atoms with Crippen molar-refractivity contribution in [3.8, 4) is 11.5 Å². The standard InChI is InChI=1S/C20H27NO2/c1-3-11-23-19-9-5-7-16(13-19)12-18(15-21)17-8-6-10-20(14-17)22-4-2/h5-10,13-14,18H,3-4,11-12,15,21H2,1-2H3. The molecule has 0 aliphatic rings. The molecule has 3 nitrogen and oxygen atoms in total. The highest BCUT2D eigenvalue weighted by Crippen LogP contribution is 2.25. The van der Waals surface area contributed by atoms with Gasteiger partial charge in [-0.1, -0.05) is 31.2 Å². The molecular weight excluding hydrogens is 286 g/mol. The van der Waals surface area contributed by atoms with Crippen molar-refractivity contribution in [2.75, 3.05) is 19.8 Å². The molecule has 124 valence electrons. The summed E-state index contributed by atoms with van der Waals surface area (Å²) in [7, 11) is 0. The highest BCUT2D eigenvalue weighted by Gasteiger charge is 2.12. The molecule has 0 aliphatic carbocycles.